The topological polar surface area (TPSA) is 30.0 Å². The molecule has 0 spiro atoms. The van der Waals surface area contributed by atoms with Crippen LogP contribution in [-0.4, -0.2) is 11.3 Å². The van der Waals surface area contributed by atoms with Crippen molar-refractivity contribution in [1.29, 1.82) is 0 Å². The molecule has 2 nitrogen and oxygen atoms in total. The van der Waals surface area contributed by atoms with Gasteiger partial charge in [-0.05, 0) is 28.7 Å². The van der Waals surface area contributed by atoms with Crippen LogP contribution in [0.25, 0.3) is 0 Å². The lowest BCUT2D eigenvalue weighted by atomic mass is 10.3. The predicted molar refractivity (Wildman–Crippen MR) is 42.3 cm³/mol. The number of pyridine rings is 1. The highest BCUT2D eigenvalue weighted by atomic mass is 127. The van der Waals surface area contributed by atoms with E-state index in [4.69, 9.17) is 0 Å². The van der Waals surface area contributed by atoms with Crippen LogP contribution in [0.5, 0.6) is 0 Å². The number of hydrogen-bond acceptors (Lipinski definition) is 2. The summed E-state index contributed by atoms with van der Waals surface area (Å²) >= 11 is 1.91. The Balaban J connectivity index is 3.21. The Morgan fingerprint density at radius 3 is 2.90 bits per heavy atom. The number of hydrogen-bond donors (Lipinski definition) is 0. The van der Waals surface area contributed by atoms with E-state index < -0.39 is 5.82 Å². The second kappa shape index (κ2) is 3.05. The lowest BCUT2D eigenvalue weighted by molar-refractivity contribution is 0.111. The van der Waals surface area contributed by atoms with Crippen LogP contribution in [0.3, 0.4) is 0 Å². The zero-order valence-electron chi connectivity index (χ0n) is 4.84. The van der Waals surface area contributed by atoms with E-state index in [1.807, 2.05) is 22.6 Å². The summed E-state index contributed by atoms with van der Waals surface area (Å²) in [4.78, 5) is 13.7. The Morgan fingerprint density at radius 2 is 2.40 bits per heavy atom. The number of nitrogens with zero attached hydrogens (tertiary/aromatic N) is 1. The molecule has 0 aliphatic carbocycles. The van der Waals surface area contributed by atoms with Crippen LogP contribution in [0.2, 0.25) is 0 Å². The Morgan fingerprint density at radius 1 is 1.70 bits per heavy atom. The van der Waals surface area contributed by atoms with Gasteiger partial charge in [0.2, 0.25) is 0 Å². The van der Waals surface area contributed by atoms with Gasteiger partial charge in [-0.15, -0.1) is 0 Å². The number of halogens is 2. The summed E-state index contributed by atoms with van der Waals surface area (Å²) in [6.45, 7) is 0. The minimum absolute atomic E-state index is 0.0550. The van der Waals surface area contributed by atoms with Gasteiger partial charge in [0, 0.05) is 0 Å². The van der Waals surface area contributed by atoms with Crippen molar-refractivity contribution in [1.82, 2.24) is 4.98 Å². The molecule has 0 bridgehead atoms. The SMILES string of the molecule is O=Cc1cc(I)ncc1F. The second-order valence-electron chi connectivity index (χ2n) is 1.65. The smallest absolute Gasteiger partial charge is 0.153 e. The lowest BCUT2D eigenvalue weighted by Crippen LogP contribution is -1.90. The number of aldehydes is 1. The van der Waals surface area contributed by atoms with Crippen LogP contribution < -0.4 is 0 Å². The van der Waals surface area contributed by atoms with Gasteiger partial charge in [0.05, 0.1) is 11.8 Å². The predicted octanol–water partition coefficient (Wildman–Crippen LogP) is 1.64. The molecule has 0 atom stereocenters. The minimum atomic E-state index is -0.574. The van der Waals surface area contributed by atoms with Gasteiger partial charge in [-0.1, -0.05) is 0 Å². The van der Waals surface area contributed by atoms with E-state index in [1.54, 1.807) is 0 Å². The van der Waals surface area contributed by atoms with E-state index in [9.17, 15) is 9.18 Å². The molecule has 4 heteroatoms. The van der Waals surface area contributed by atoms with E-state index in [1.165, 1.54) is 6.07 Å². The molecule has 0 unspecified atom stereocenters. The molecule has 0 aliphatic rings. The number of carbonyl (C=O) groups is 1. The van der Waals surface area contributed by atoms with E-state index >= 15 is 0 Å². The molecule has 0 amide bonds. The van der Waals surface area contributed by atoms with Crippen molar-refractivity contribution < 1.29 is 9.18 Å². The van der Waals surface area contributed by atoms with E-state index in [0.717, 1.165) is 6.20 Å². The molecule has 0 radical (unpaired) electrons. The monoisotopic (exact) mass is 251 g/mol. The summed E-state index contributed by atoms with van der Waals surface area (Å²) in [5.74, 6) is -0.574. The number of rotatable bonds is 1. The molecule has 1 aromatic rings. The molecule has 0 aromatic carbocycles. The zero-order valence-corrected chi connectivity index (χ0v) is 7.00. The summed E-state index contributed by atoms with van der Waals surface area (Å²) in [6, 6.07) is 1.39. The summed E-state index contributed by atoms with van der Waals surface area (Å²) in [5, 5.41) is 0. The third-order valence-corrected chi connectivity index (χ3v) is 1.57. The lowest BCUT2D eigenvalue weighted by Gasteiger charge is -1.92. The molecule has 0 aliphatic heterocycles. The maximum atomic E-state index is 12.5. The molecule has 0 N–H and O–H groups in total. The third kappa shape index (κ3) is 1.50. The number of carbonyl (C=O) groups excluding carboxylic acids is 1. The maximum Gasteiger partial charge on any atom is 0.153 e. The molecular formula is C6H3FINO. The van der Waals surface area contributed by atoms with Crippen molar-refractivity contribution in [3.63, 3.8) is 0 Å². The van der Waals surface area contributed by atoms with E-state index in [2.05, 4.69) is 4.98 Å². The van der Waals surface area contributed by atoms with Crippen LogP contribution in [0.4, 0.5) is 4.39 Å². The molecule has 10 heavy (non-hydrogen) atoms. The first-order valence-corrected chi connectivity index (χ1v) is 3.58. The number of aromatic nitrogens is 1. The highest BCUT2D eigenvalue weighted by Crippen LogP contribution is 2.06. The largest absolute Gasteiger partial charge is 0.298 e. The van der Waals surface area contributed by atoms with E-state index in [-0.39, 0.29) is 5.56 Å². The first-order valence-electron chi connectivity index (χ1n) is 2.50. The van der Waals surface area contributed by atoms with Gasteiger partial charge in [-0.25, -0.2) is 9.37 Å². The summed E-state index contributed by atoms with van der Waals surface area (Å²) in [6.07, 6.45) is 1.50. The Kier molecular flexibility index (Phi) is 2.31. The molecule has 52 valence electrons. The molecule has 1 aromatic heterocycles. The molecule has 0 fully saturated rings. The van der Waals surface area contributed by atoms with Crippen molar-refractivity contribution in [3.05, 3.63) is 27.3 Å². The average Bonchev–Trinajstić information content (AvgIpc) is 1.94. The fraction of sp³-hybridized carbons (Fsp3) is 0. The summed E-state index contributed by atoms with van der Waals surface area (Å²) in [7, 11) is 0. The van der Waals surface area contributed by atoms with Gasteiger partial charge < -0.3 is 0 Å². The van der Waals surface area contributed by atoms with Gasteiger partial charge >= 0.3 is 0 Å². The highest BCUT2D eigenvalue weighted by molar-refractivity contribution is 14.1. The van der Waals surface area contributed by atoms with Crippen molar-refractivity contribution in [2.75, 3.05) is 0 Å². The fourth-order valence-electron chi connectivity index (χ4n) is 0.518. The van der Waals surface area contributed by atoms with Crippen LogP contribution in [0, 0.1) is 9.52 Å². The fourth-order valence-corrected chi connectivity index (χ4v) is 0.992. The van der Waals surface area contributed by atoms with Crippen LogP contribution in [-0.2, 0) is 0 Å². The van der Waals surface area contributed by atoms with Crippen molar-refractivity contribution in [2.45, 2.75) is 0 Å². The quantitative estimate of drug-likeness (QED) is 0.431. The molecule has 0 saturated heterocycles. The van der Waals surface area contributed by atoms with Crippen LogP contribution in [0.1, 0.15) is 10.4 Å². The maximum absolute atomic E-state index is 12.5. The second-order valence-corrected chi connectivity index (χ2v) is 2.75. The van der Waals surface area contributed by atoms with Gasteiger partial charge in [0.1, 0.15) is 3.70 Å². The average molecular weight is 251 g/mol. The summed E-state index contributed by atoms with van der Waals surface area (Å²) < 4.78 is 13.1. The Labute approximate surface area is 70.6 Å². The zero-order chi connectivity index (χ0) is 7.56. The van der Waals surface area contributed by atoms with Gasteiger partial charge in [0.15, 0.2) is 12.1 Å². The Bertz CT molecular complexity index is 264. The highest BCUT2D eigenvalue weighted by Gasteiger charge is 2.00. The van der Waals surface area contributed by atoms with Crippen LogP contribution >= 0.6 is 22.6 Å². The van der Waals surface area contributed by atoms with Crippen LogP contribution in [0.15, 0.2) is 12.3 Å². The standard InChI is InChI=1S/C6H3FINO/c7-5-2-9-6(8)1-4(5)3-10/h1-3H. The molecule has 1 heterocycles. The third-order valence-electron chi connectivity index (χ3n) is 0.979. The van der Waals surface area contributed by atoms with Gasteiger partial charge in [-0.2, -0.15) is 0 Å². The summed E-state index contributed by atoms with van der Waals surface area (Å²) in [5.41, 5.74) is 0.0550. The van der Waals surface area contributed by atoms with Crippen molar-refractivity contribution in [3.8, 4) is 0 Å². The Hall–Kier alpha value is -0.520. The normalized spacial score (nSPS) is 9.40. The van der Waals surface area contributed by atoms with E-state index in [0.29, 0.717) is 9.99 Å². The molecule has 0 saturated carbocycles. The van der Waals surface area contributed by atoms with Crippen molar-refractivity contribution in [2.24, 2.45) is 0 Å². The minimum Gasteiger partial charge on any atom is -0.298 e. The van der Waals surface area contributed by atoms with Gasteiger partial charge in [-0.3, -0.25) is 4.79 Å². The van der Waals surface area contributed by atoms with Crippen molar-refractivity contribution >= 4 is 28.9 Å². The first kappa shape index (κ1) is 7.59. The van der Waals surface area contributed by atoms with Gasteiger partial charge in [0.25, 0.3) is 0 Å². The molecular weight excluding hydrogens is 248 g/mol. The molecule has 1 rings (SSSR count). The first-order chi connectivity index (χ1) is 4.74.